The van der Waals surface area contributed by atoms with Crippen molar-refractivity contribution in [3.05, 3.63) is 94.5 Å². The van der Waals surface area contributed by atoms with Crippen molar-refractivity contribution in [1.82, 2.24) is 10.2 Å². The summed E-state index contributed by atoms with van der Waals surface area (Å²) in [4.78, 5) is 28.6. The largest absolute Gasteiger partial charge is 0.352 e. The highest BCUT2D eigenvalue weighted by atomic mass is 35.5. The summed E-state index contributed by atoms with van der Waals surface area (Å²) in [5.74, 6) is -0.820. The molecule has 3 aromatic rings. The van der Waals surface area contributed by atoms with Crippen molar-refractivity contribution >= 4 is 50.7 Å². The smallest absolute Gasteiger partial charge is 0.264 e. The maximum absolute atomic E-state index is 13.9. The predicted molar refractivity (Wildman–Crippen MR) is 154 cm³/mol. The van der Waals surface area contributed by atoms with Gasteiger partial charge in [-0.05, 0) is 67.8 Å². The van der Waals surface area contributed by atoms with Crippen molar-refractivity contribution in [2.45, 2.75) is 56.1 Å². The lowest BCUT2D eigenvalue weighted by molar-refractivity contribution is -0.139. The molecule has 0 bridgehead atoms. The molecule has 1 N–H and O–H groups in total. The summed E-state index contributed by atoms with van der Waals surface area (Å²) in [5.41, 5.74) is 0.974. The quantitative estimate of drug-likeness (QED) is 0.331. The summed E-state index contributed by atoms with van der Waals surface area (Å²) in [6.07, 6.45) is 3.91. The minimum atomic E-state index is -4.14. The standard InChI is InChI=1S/C29H31Cl2N3O4S/c1-21(29(36)32-24-10-6-7-11-24)33(19-22-9-5-8-14-27(22)31)28(35)20-34(25-12-3-2-4-13-25)39(37,38)26-17-15-23(30)16-18-26/h2-5,8-9,12-18,21,24H,6-7,10-11,19-20H2,1H3,(H,32,36)/t21-/m0/s1. The lowest BCUT2D eigenvalue weighted by atomic mass is 10.1. The van der Waals surface area contributed by atoms with Crippen LogP contribution < -0.4 is 9.62 Å². The average molecular weight is 589 g/mol. The van der Waals surface area contributed by atoms with Crippen LogP contribution in [0.4, 0.5) is 5.69 Å². The first kappa shape index (κ1) is 28.9. The fraction of sp³-hybridized carbons (Fsp3) is 0.310. The lowest BCUT2D eigenvalue weighted by Gasteiger charge is -2.32. The summed E-state index contributed by atoms with van der Waals surface area (Å²) >= 11 is 12.4. The normalized spacial score (nSPS) is 14.5. The van der Waals surface area contributed by atoms with E-state index in [0.29, 0.717) is 21.3 Å². The first-order valence-corrected chi connectivity index (χ1v) is 15.0. The number of amides is 2. The monoisotopic (exact) mass is 587 g/mol. The third-order valence-electron chi connectivity index (χ3n) is 6.89. The number of rotatable bonds is 10. The number of hydrogen-bond donors (Lipinski definition) is 1. The van der Waals surface area contributed by atoms with Gasteiger partial charge in [-0.3, -0.25) is 13.9 Å². The summed E-state index contributed by atoms with van der Waals surface area (Å²) in [6, 6.07) is 20.5. The SMILES string of the molecule is C[C@@H](C(=O)NC1CCCC1)N(Cc1ccccc1Cl)C(=O)CN(c1ccccc1)S(=O)(=O)c1ccc(Cl)cc1. The number of sulfonamides is 1. The summed E-state index contributed by atoms with van der Waals surface area (Å²) in [7, 11) is -4.14. The fourth-order valence-corrected chi connectivity index (χ4v) is 6.38. The Morgan fingerprint density at radius 2 is 1.54 bits per heavy atom. The van der Waals surface area contributed by atoms with Crippen molar-refractivity contribution < 1.29 is 18.0 Å². The van der Waals surface area contributed by atoms with Crippen LogP contribution in [0.2, 0.25) is 10.0 Å². The van der Waals surface area contributed by atoms with Crippen LogP contribution in [0, 0.1) is 0 Å². The summed E-state index contributed by atoms with van der Waals surface area (Å²) in [6.45, 7) is 1.18. The molecule has 7 nitrogen and oxygen atoms in total. The summed E-state index contributed by atoms with van der Waals surface area (Å²) < 4.78 is 28.6. The number of benzene rings is 3. The molecule has 1 aliphatic carbocycles. The van der Waals surface area contributed by atoms with Crippen LogP contribution in [0.5, 0.6) is 0 Å². The van der Waals surface area contributed by atoms with Gasteiger partial charge in [-0.2, -0.15) is 0 Å². The molecule has 0 unspecified atom stereocenters. The number of para-hydroxylation sites is 1. The molecule has 10 heteroatoms. The molecule has 1 saturated carbocycles. The van der Waals surface area contributed by atoms with Crippen LogP contribution in [0.3, 0.4) is 0 Å². The highest BCUT2D eigenvalue weighted by Crippen LogP contribution is 2.26. The highest BCUT2D eigenvalue weighted by molar-refractivity contribution is 7.92. The molecular weight excluding hydrogens is 557 g/mol. The third-order valence-corrected chi connectivity index (χ3v) is 9.30. The Morgan fingerprint density at radius 3 is 2.18 bits per heavy atom. The van der Waals surface area contributed by atoms with Crippen molar-refractivity contribution in [1.29, 1.82) is 0 Å². The second-order valence-electron chi connectivity index (χ2n) is 9.58. The van der Waals surface area contributed by atoms with Crippen LogP contribution in [-0.4, -0.2) is 43.8 Å². The molecule has 3 aromatic carbocycles. The topological polar surface area (TPSA) is 86.8 Å². The maximum atomic E-state index is 13.9. The van der Waals surface area contributed by atoms with E-state index < -0.39 is 28.5 Å². The van der Waals surface area contributed by atoms with Crippen LogP contribution in [-0.2, 0) is 26.2 Å². The van der Waals surface area contributed by atoms with Gasteiger partial charge >= 0.3 is 0 Å². The van der Waals surface area contributed by atoms with Gasteiger partial charge in [-0.25, -0.2) is 8.42 Å². The molecule has 0 radical (unpaired) electrons. The Morgan fingerprint density at radius 1 is 0.923 bits per heavy atom. The second kappa shape index (κ2) is 12.9. The van der Waals surface area contributed by atoms with E-state index in [4.69, 9.17) is 23.2 Å². The number of halogens is 2. The molecule has 0 saturated heterocycles. The van der Waals surface area contributed by atoms with Crippen molar-refractivity contribution in [2.75, 3.05) is 10.8 Å². The van der Waals surface area contributed by atoms with Gasteiger partial charge in [0.25, 0.3) is 10.0 Å². The second-order valence-corrected chi connectivity index (χ2v) is 12.3. The number of nitrogens with zero attached hydrogens (tertiary/aromatic N) is 2. The number of hydrogen-bond acceptors (Lipinski definition) is 4. The van der Waals surface area contributed by atoms with Crippen LogP contribution in [0.15, 0.2) is 83.8 Å². The van der Waals surface area contributed by atoms with Gasteiger partial charge in [0.05, 0.1) is 10.6 Å². The fourth-order valence-electron chi connectivity index (χ4n) is 4.64. The molecule has 1 fully saturated rings. The van der Waals surface area contributed by atoms with Crippen LogP contribution >= 0.6 is 23.2 Å². The van der Waals surface area contributed by atoms with E-state index in [2.05, 4.69) is 5.32 Å². The molecule has 4 rings (SSSR count). The number of nitrogens with one attached hydrogen (secondary N) is 1. The zero-order valence-corrected chi connectivity index (χ0v) is 23.9. The van der Waals surface area contributed by atoms with E-state index in [9.17, 15) is 18.0 Å². The molecule has 1 atom stereocenters. The van der Waals surface area contributed by atoms with Crippen molar-refractivity contribution in [2.24, 2.45) is 0 Å². The zero-order chi connectivity index (χ0) is 28.0. The molecule has 0 spiro atoms. The maximum Gasteiger partial charge on any atom is 0.264 e. The molecule has 0 aromatic heterocycles. The average Bonchev–Trinajstić information content (AvgIpc) is 3.44. The van der Waals surface area contributed by atoms with Gasteiger partial charge in [0.2, 0.25) is 11.8 Å². The van der Waals surface area contributed by atoms with Gasteiger partial charge in [0.1, 0.15) is 12.6 Å². The molecular formula is C29H31Cl2N3O4S. The van der Waals surface area contributed by atoms with Gasteiger partial charge in [0, 0.05) is 22.6 Å². The first-order chi connectivity index (χ1) is 18.7. The Bertz CT molecular complexity index is 1400. The van der Waals surface area contributed by atoms with Crippen LogP contribution in [0.25, 0.3) is 0 Å². The van der Waals surface area contributed by atoms with E-state index in [1.165, 1.54) is 29.2 Å². The van der Waals surface area contributed by atoms with E-state index in [0.717, 1.165) is 30.0 Å². The zero-order valence-electron chi connectivity index (χ0n) is 21.6. The minimum Gasteiger partial charge on any atom is -0.352 e. The third kappa shape index (κ3) is 7.12. The van der Waals surface area contributed by atoms with E-state index in [1.807, 2.05) is 0 Å². The van der Waals surface area contributed by atoms with E-state index in [-0.39, 0.29) is 23.4 Å². The molecule has 0 aliphatic heterocycles. The summed E-state index contributed by atoms with van der Waals surface area (Å²) in [5, 5.41) is 3.89. The molecule has 39 heavy (non-hydrogen) atoms. The van der Waals surface area contributed by atoms with E-state index in [1.54, 1.807) is 61.5 Å². The lowest BCUT2D eigenvalue weighted by Crippen LogP contribution is -2.52. The number of carbonyl (C=O) groups is 2. The Hall–Kier alpha value is -3.07. The van der Waals surface area contributed by atoms with Crippen molar-refractivity contribution in [3.63, 3.8) is 0 Å². The Balaban J connectivity index is 1.67. The predicted octanol–water partition coefficient (Wildman–Crippen LogP) is 5.66. The van der Waals surface area contributed by atoms with Gasteiger partial charge in [-0.1, -0.05) is 72.4 Å². The first-order valence-electron chi connectivity index (χ1n) is 12.8. The highest BCUT2D eigenvalue weighted by Gasteiger charge is 2.33. The number of carbonyl (C=O) groups excluding carboxylic acids is 2. The van der Waals surface area contributed by atoms with Crippen molar-refractivity contribution in [3.8, 4) is 0 Å². The van der Waals surface area contributed by atoms with Crippen LogP contribution in [0.1, 0.15) is 38.2 Å². The molecule has 1 aliphatic rings. The van der Waals surface area contributed by atoms with Gasteiger partial charge in [-0.15, -0.1) is 0 Å². The number of anilines is 1. The van der Waals surface area contributed by atoms with Gasteiger partial charge < -0.3 is 10.2 Å². The minimum absolute atomic E-state index is 0.00627. The molecule has 206 valence electrons. The molecule has 0 heterocycles. The van der Waals surface area contributed by atoms with Gasteiger partial charge in [0.15, 0.2) is 0 Å². The van der Waals surface area contributed by atoms with E-state index >= 15 is 0 Å². The Kier molecular flexibility index (Phi) is 9.53. The Labute approximate surface area is 239 Å². The molecule has 2 amide bonds.